The molecule has 382 valence electrons. The van der Waals surface area contributed by atoms with Crippen LogP contribution in [0.15, 0.2) is 121 Å². The van der Waals surface area contributed by atoms with Gasteiger partial charge in [-0.15, -0.1) is 0 Å². The van der Waals surface area contributed by atoms with E-state index in [1.807, 2.05) is 30.3 Å². The molecule has 0 saturated heterocycles. The van der Waals surface area contributed by atoms with Crippen molar-refractivity contribution in [3.05, 3.63) is 177 Å². The molecule has 8 rings (SSSR count). The van der Waals surface area contributed by atoms with E-state index in [0.717, 1.165) is 55.7 Å². The molecule has 0 amide bonds. The van der Waals surface area contributed by atoms with Crippen LogP contribution in [-0.4, -0.2) is 62.4 Å². The van der Waals surface area contributed by atoms with Gasteiger partial charge in [0.2, 0.25) is 0 Å². The van der Waals surface area contributed by atoms with E-state index >= 15 is 4.39 Å². The first kappa shape index (κ1) is 59.7. The zero-order valence-corrected chi connectivity index (χ0v) is 46.1. The van der Waals surface area contributed by atoms with Gasteiger partial charge in [-0.2, -0.15) is 0 Å². The normalized spacial score (nSPS) is 12.5. The smallest absolute Gasteiger partial charge is 1.00 e. The first-order valence-corrected chi connectivity index (χ1v) is 24.6. The average Bonchev–Trinajstić information content (AvgIpc) is 3.35. The van der Waals surface area contributed by atoms with Crippen molar-refractivity contribution in [1.29, 1.82) is 0 Å². The topological polar surface area (TPSA) is 120 Å². The molecule has 0 aliphatic carbocycles. The Morgan fingerprint density at radius 1 is 0.603 bits per heavy atom. The Kier molecular flexibility index (Phi) is 22.0. The molecule has 0 fully saturated rings. The number of rotatable bonds is 9. The number of hydrogen-bond acceptors (Lipinski definition) is 10. The third-order valence-electron chi connectivity index (χ3n) is 11.5. The van der Waals surface area contributed by atoms with Gasteiger partial charge in [0.25, 0.3) is 0 Å². The van der Waals surface area contributed by atoms with Gasteiger partial charge in [0.05, 0.1) is 36.5 Å². The molecule has 2 heterocycles. The van der Waals surface area contributed by atoms with Crippen LogP contribution in [0.5, 0.6) is 0 Å². The molecular formula is C59H66BrF2N2NaO8. The number of aryl methyl sites for hydroxylation is 2. The monoisotopic (exact) mass is 1070 g/mol. The Bertz CT molecular complexity index is 2900. The fraction of sp³-hybridized carbons (Fsp3) is 0.322. The molecule has 10 nitrogen and oxygen atoms in total. The maximum atomic E-state index is 15.8. The quantitative estimate of drug-likeness (QED) is 0.0648. The summed E-state index contributed by atoms with van der Waals surface area (Å²) in [6.07, 6.45) is 3.91. The zero-order valence-electron chi connectivity index (χ0n) is 43.6. The van der Waals surface area contributed by atoms with E-state index < -0.39 is 23.1 Å². The molecule has 14 heteroatoms. The van der Waals surface area contributed by atoms with Gasteiger partial charge in [0.15, 0.2) is 0 Å². The summed E-state index contributed by atoms with van der Waals surface area (Å²) >= 11 is 3.27. The number of alkyl halides is 1. The summed E-state index contributed by atoms with van der Waals surface area (Å²) in [6.45, 7) is 13.0. The summed E-state index contributed by atoms with van der Waals surface area (Å²) in [5, 5.41) is 3.71. The van der Waals surface area contributed by atoms with Gasteiger partial charge in [-0.05, 0) is 144 Å². The Balaban J connectivity index is 0.000000317. The molecule has 73 heavy (non-hydrogen) atoms. The summed E-state index contributed by atoms with van der Waals surface area (Å²) in [7, 11) is 2.77. The number of anilines is 2. The predicted molar refractivity (Wildman–Crippen MR) is 286 cm³/mol. The Labute approximate surface area is 461 Å². The summed E-state index contributed by atoms with van der Waals surface area (Å²) in [5.74, 6) is -2.25. The number of carbonyl (C=O) groups excluding carboxylic acids is 4. The number of halogens is 3. The van der Waals surface area contributed by atoms with Crippen LogP contribution >= 0.6 is 15.9 Å². The molecule has 0 atom stereocenters. The van der Waals surface area contributed by atoms with Gasteiger partial charge in [0, 0.05) is 53.0 Å². The van der Waals surface area contributed by atoms with Crippen molar-refractivity contribution in [2.24, 2.45) is 0 Å². The first-order chi connectivity index (χ1) is 33.8. The third kappa shape index (κ3) is 15.8. The molecular weight excluding hydrogens is 1010 g/mol. The van der Waals surface area contributed by atoms with Crippen LogP contribution in [0, 0.1) is 11.6 Å². The molecule has 2 aliphatic rings. The van der Waals surface area contributed by atoms with E-state index in [1.54, 1.807) is 133 Å². The van der Waals surface area contributed by atoms with Crippen LogP contribution in [0.4, 0.5) is 20.2 Å². The van der Waals surface area contributed by atoms with Crippen LogP contribution in [0.25, 0.3) is 22.3 Å². The minimum atomic E-state index is -0.653. The summed E-state index contributed by atoms with van der Waals surface area (Å²) in [4.78, 5) is 50.5. The molecule has 0 spiro atoms. The largest absolute Gasteiger partial charge is 1.00 e. The van der Waals surface area contributed by atoms with Crippen LogP contribution in [0.1, 0.15) is 127 Å². The fourth-order valence-electron chi connectivity index (χ4n) is 8.27. The molecule has 0 aromatic heterocycles. The Hall–Kier alpha value is -5.86. The number of ether oxygens (including phenoxy) is 4. The second-order valence-electron chi connectivity index (χ2n) is 19.0. The SMILES string of the molecule is C.CC(C)(C)OC(=O)c1ccccc1-c1cccc(CBr)c1F.COC(=O)c1ccc2c(c1)CCCN2.COC(=O)c1ccc2c(c1)CCCN2Cc1cccc(-c2ccccc2C(=O)OC(C)(C)C)c1F.[H-].[Na+]. The molecule has 0 unspecified atom stereocenters. The average molecular weight is 1070 g/mol. The Morgan fingerprint density at radius 3 is 1.59 bits per heavy atom. The van der Waals surface area contributed by atoms with Crippen molar-refractivity contribution in [3.63, 3.8) is 0 Å². The number of carbonyl (C=O) groups is 4. The molecule has 2 aliphatic heterocycles. The zero-order chi connectivity index (χ0) is 51.5. The second kappa shape index (κ2) is 26.9. The van der Waals surface area contributed by atoms with Gasteiger partial charge in [-0.3, -0.25) is 0 Å². The fourth-order valence-corrected chi connectivity index (χ4v) is 8.70. The van der Waals surface area contributed by atoms with E-state index in [2.05, 4.69) is 30.9 Å². The number of esters is 4. The minimum Gasteiger partial charge on any atom is -1.00 e. The summed E-state index contributed by atoms with van der Waals surface area (Å²) < 4.78 is 50.9. The van der Waals surface area contributed by atoms with Crippen LogP contribution < -0.4 is 39.8 Å². The number of hydrogen-bond donors (Lipinski definition) is 1. The van der Waals surface area contributed by atoms with Gasteiger partial charge in [-0.25, -0.2) is 28.0 Å². The number of nitrogens with one attached hydrogen (secondary N) is 1. The van der Waals surface area contributed by atoms with Gasteiger partial charge < -0.3 is 30.6 Å². The number of benzene rings is 6. The van der Waals surface area contributed by atoms with E-state index in [0.29, 0.717) is 67.5 Å². The summed E-state index contributed by atoms with van der Waals surface area (Å²) in [5.41, 5.74) is 7.87. The maximum Gasteiger partial charge on any atom is 1.00 e. The molecule has 6 aromatic rings. The van der Waals surface area contributed by atoms with Crippen molar-refractivity contribution in [3.8, 4) is 22.3 Å². The minimum absolute atomic E-state index is 0. The van der Waals surface area contributed by atoms with Crippen molar-refractivity contribution in [1.82, 2.24) is 0 Å². The number of fused-ring (bicyclic) bond motifs is 2. The van der Waals surface area contributed by atoms with Gasteiger partial charge in [-0.1, -0.05) is 96.2 Å². The van der Waals surface area contributed by atoms with E-state index in [1.165, 1.54) is 19.8 Å². The van der Waals surface area contributed by atoms with E-state index in [4.69, 9.17) is 14.2 Å². The predicted octanol–water partition coefficient (Wildman–Crippen LogP) is 11.1. The second-order valence-corrected chi connectivity index (χ2v) is 19.6. The summed E-state index contributed by atoms with van der Waals surface area (Å²) in [6, 6.07) is 35.4. The van der Waals surface area contributed by atoms with Gasteiger partial charge >= 0.3 is 53.4 Å². The molecule has 0 bridgehead atoms. The molecule has 6 aromatic carbocycles. The number of methoxy groups -OCH3 is 2. The third-order valence-corrected chi connectivity index (χ3v) is 12.1. The van der Waals surface area contributed by atoms with Crippen LogP contribution in [0.2, 0.25) is 0 Å². The molecule has 0 saturated carbocycles. The van der Waals surface area contributed by atoms with Crippen molar-refractivity contribution >= 4 is 51.2 Å². The van der Waals surface area contributed by atoms with Crippen LogP contribution in [-0.2, 0) is 43.7 Å². The van der Waals surface area contributed by atoms with Crippen molar-refractivity contribution in [2.45, 2.75) is 97.7 Å². The van der Waals surface area contributed by atoms with Crippen molar-refractivity contribution in [2.75, 3.05) is 37.5 Å². The first-order valence-electron chi connectivity index (χ1n) is 23.5. The number of nitrogens with zero attached hydrogens (tertiary/aromatic N) is 1. The van der Waals surface area contributed by atoms with E-state index in [9.17, 15) is 23.6 Å². The molecule has 1 N–H and O–H groups in total. The van der Waals surface area contributed by atoms with E-state index in [-0.39, 0.29) is 62.0 Å². The Morgan fingerprint density at radius 2 is 1.07 bits per heavy atom. The standard InChI is InChI=1S/C29H30FNO4.C18H18BrFO2.C11H13NO2.CH4.Na.H/c1-29(2,3)35-28(33)24-12-6-5-11-22(24)23-13-7-9-21(26(23)30)18-31-16-8-10-19-17-20(27(32)34-4)14-15-25(19)31;1-18(2,3)22-17(21)15-9-5-4-8-13(15)14-10-6-7-12(11-19)16(14)20;1-14-11(13)9-4-5-10-8(7-9)3-2-6-12-10;;;/h5-7,9,11-15,17H,8,10,16,18H2,1-4H3;4-10H,11H2,1-3H3;4-5,7,12H,2-3,6H2,1H3;1H4;;/q;;;;+1;-1. The van der Waals surface area contributed by atoms with Crippen molar-refractivity contribution < 1.29 is 77.9 Å². The van der Waals surface area contributed by atoms with Crippen LogP contribution in [0.3, 0.4) is 0 Å². The van der Waals surface area contributed by atoms with Gasteiger partial charge in [0.1, 0.15) is 22.8 Å². The molecule has 0 radical (unpaired) electrons. The maximum absolute atomic E-state index is 15.8.